The number of amides is 2. The van der Waals surface area contributed by atoms with Crippen molar-refractivity contribution in [2.24, 2.45) is 0 Å². The molecule has 0 bridgehead atoms. The minimum Gasteiger partial charge on any atom is -0.350 e. The van der Waals surface area contributed by atoms with Crippen LogP contribution >= 0.6 is 12.4 Å². The number of nitro benzene ring substituents is 1. The molecule has 1 saturated heterocycles. The highest BCUT2D eigenvalue weighted by Gasteiger charge is 2.21. The van der Waals surface area contributed by atoms with Crippen molar-refractivity contribution >= 4 is 29.9 Å². The molecular weight excluding hydrogens is 336 g/mol. The Morgan fingerprint density at radius 3 is 2.79 bits per heavy atom. The first kappa shape index (κ1) is 19.9. The first-order chi connectivity index (χ1) is 11.0. The van der Waals surface area contributed by atoms with Gasteiger partial charge in [0, 0.05) is 30.3 Å². The van der Waals surface area contributed by atoms with Gasteiger partial charge in [0.05, 0.1) is 4.92 Å². The largest absolute Gasteiger partial charge is 0.350 e. The maximum atomic E-state index is 12.1. The van der Waals surface area contributed by atoms with Gasteiger partial charge in [-0.05, 0) is 32.4 Å². The molecule has 0 aromatic heterocycles. The quantitative estimate of drug-likeness (QED) is 0.538. The van der Waals surface area contributed by atoms with Gasteiger partial charge in [-0.1, -0.05) is 6.07 Å². The molecule has 1 aliphatic heterocycles. The summed E-state index contributed by atoms with van der Waals surface area (Å²) < 4.78 is 0. The number of nitrogens with zero attached hydrogens (tertiary/aromatic N) is 1. The lowest BCUT2D eigenvalue weighted by Crippen LogP contribution is -2.52. The molecule has 1 heterocycles. The number of hydrogen-bond acceptors (Lipinski definition) is 5. The van der Waals surface area contributed by atoms with Crippen molar-refractivity contribution < 1.29 is 14.5 Å². The standard InChI is InChI=1S/C15H20N4O4.ClH/c1-10(14(20)18-12-5-3-7-16-9-12)17-15(21)11-4-2-6-13(8-11)19(22)23;/h2,4,6,8,10,12,16H,3,5,7,9H2,1H3,(H,17,21)(H,18,20);1H. The predicted octanol–water partition coefficient (Wildman–Crippen LogP) is 1.00. The van der Waals surface area contributed by atoms with Crippen molar-refractivity contribution in [2.75, 3.05) is 13.1 Å². The lowest BCUT2D eigenvalue weighted by Gasteiger charge is -2.25. The summed E-state index contributed by atoms with van der Waals surface area (Å²) in [7, 11) is 0. The normalized spacial score (nSPS) is 18.0. The van der Waals surface area contributed by atoms with Crippen LogP contribution in [0.25, 0.3) is 0 Å². The Hall–Kier alpha value is -2.19. The third-order valence-corrected chi connectivity index (χ3v) is 3.70. The highest BCUT2D eigenvalue weighted by atomic mass is 35.5. The molecule has 3 N–H and O–H groups in total. The third-order valence-electron chi connectivity index (χ3n) is 3.70. The Morgan fingerprint density at radius 1 is 1.42 bits per heavy atom. The lowest BCUT2D eigenvalue weighted by atomic mass is 10.1. The number of rotatable bonds is 5. The van der Waals surface area contributed by atoms with Gasteiger partial charge in [-0.3, -0.25) is 19.7 Å². The number of benzene rings is 1. The van der Waals surface area contributed by atoms with E-state index in [2.05, 4.69) is 16.0 Å². The maximum Gasteiger partial charge on any atom is 0.270 e. The molecule has 2 amide bonds. The highest BCUT2D eigenvalue weighted by molar-refractivity contribution is 5.97. The van der Waals surface area contributed by atoms with Gasteiger partial charge in [0.15, 0.2) is 0 Å². The van der Waals surface area contributed by atoms with Gasteiger partial charge in [-0.25, -0.2) is 0 Å². The summed E-state index contributed by atoms with van der Waals surface area (Å²) in [5.41, 5.74) is -0.0128. The van der Waals surface area contributed by atoms with E-state index >= 15 is 0 Å². The summed E-state index contributed by atoms with van der Waals surface area (Å²) in [4.78, 5) is 34.4. The van der Waals surface area contributed by atoms with E-state index in [1.807, 2.05) is 0 Å². The summed E-state index contributed by atoms with van der Waals surface area (Å²) in [5.74, 6) is -0.782. The van der Waals surface area contributed by atoms with Crippen molar-refractivity contribution in [1.29, 1.82) is 0 Å². The second-order valence-corrected chi connectivity index (χ2v) is 5.55. The molecule has 0 saturated carbocycles. The molecule has 2 atom stereocenters. The van der Waals surface area contributed by atoms with Crippen LogP contribution in [0.5, 0.6) is 0 Å². The van der Waals surface area contributed by atoms with Crippen molar-refractivity contribution in [1.82, 2.24) is 16.0 Å². The SMILES string of the molecule is CC(NC(=O)c1cccc([N+](=O)[O-])c1)C(=O)NC1CCCNC1.Cl. The van der Waals surface area contributed by atoms with Gasteiger partial charge in [0.25, 0.3) is 11.6 Å². The summed E-state index contributed by atoms with van der Waals surface area (Å²) in [6.45, 7) is 3.25. The molecule has 9 heteroatoms. The number of non-ortho nitro benzene ring substituents is 1. The van der Waals surface area contributed by atoms with Gasteiger partial charge < -0.3 is 16.0 Å². The second kappa shape index (κ2) is 9.19. The average molecular weight is 357 g/mol. The topological polar surface area (TPSA) is 113 Å². The van der Waals surface area contributed by atoms with Crippen molar-refractivity contribution in [3.8, 4) is 0 Å². The van der Waals surface area contributed by atoms with Gasteiger partial charge in [-0.15, -0.1) is 12.4 Å². The van der Waals surface area contributed by atoms with Crippen LogP contribution in [-0.2, 0) is 4.79 Å². The van der Waals surface area contributed by atoms with E-state index in [1.54, 1.807) is 6.92 Å². The molecule has 24 heavy (non-hydrogen) atoms. The molecular formula is C15H21ClN4O4. The molecule has 1 aliphatic rings. The summed E-state index contributed by atoms with van der Waals surface area (Å²) >= 11 is 0. The van der Waals surface area contributed by atoms with E-state index in [0.717, 1.165) is 25.9 Å². The molecule has 2 unspecified atom stereocenters. The first-order valence-corrected chi connectivity index (χ1v) is 7.54. The van der Waals surface area contributed by atoms with Gasteiger partial charge >= 0.3 is 0 Å². The fourth-order valence-electron chi connectivity index (χ4n) is 2.41. The van der Waals surface area contributed by atoms with Crippen LogP contribution in [0.3, 0.4) is 0 Å². The minimum absolute atomic E-state index is 0. The van der Waals surface area contributed by atoms with Crippen LogP contribution in [0.15, 0.2) is 24.3 Å². The van der Waals surface area contributed by atoms with Crippen LogP contribution in [0.1, 0.15) is 30.1 Å². The summed E-state index contributed by atoms with van der Waals surface area (Å²) in [5, 5.41) is 19.4. The van der Waals surface area contributed by atoms with Gasteiger partial charge in [-0.2, -0.15) is 0 Å². The second-order valence-electron chi connectivity index (χ2n) is 5.55. The van der Waals surface area contributed by atoms with E-state index < -0.39 is 16.9 Å². The molecule has 0 radical (unpaired) electrons. The van der Waals surface area contributed by atoms with Gasteiger partial charge in [0.1, 0.15) is 6.04 Å². The Morgan fingerprint density at radius 2 is 2.17 bits per heavy atom. The number of piperidine rings is 1. The predicted molar refractivity (Wildman–Crippen MR) is 91.3 cm³/mol. The van der Waals surface area contributed by atoms with Crippen molar-refractivity contribution in [3.63, 3.8) is 0 Å². The molecule has 2 rings (SSSR count). The Balaban J connectivity index is 0.00000288. The van der Waals surface area contributed by atoms with Crippen molar-refractivity contribution in [3.05, 3.63) is 39.9 Å². The lowest BCUT2D eigenvalue weighted by molar-refractivity contribution is -0.384. The van der Waals surface area contributed by atoms with Crippen LogP contribution in [0, 0.1) is 10.1 Å². The Labute approximate surface area is 145 Å². The molecule has 8 nitrogen and oxygen atoms in total. The Kier molecular flexibility index (Phi) is 7.60. The molecule has 1 aromatic carbocycles. The fraction of sp³-hybridized carbons (Fsp3) is 0.467. The van der Waals surface area contributed by atoms with E-state index in [-0.39, 0.29) is 35.6 Å². The van der Waals surface area contributed by atoms with E-state index in [0.29, 0.717) is 0 Å². The number of halogens is 1. The first-order valence-electron chi connectivity index (χ1n) is 7.54. The van der Waals surface area contributed by atoms with E-state index in [4.69, 9.17) is 0 Å². The number of nitrogens with one attached hydrogen (secondary N) is 3. The number of hydrogen-bond donors (Lipinski definition) is 3. The van der Waals surface area contributed by atoms with Gasteiger partial charge in [0.2, 0.25) is 5.91 Å². The van der Waals surface area contributed by atoms with Crippen LogP contribution in [0.4, 0.5) is 5.69 Å². The van der Waals surface area contributed by atoms with E-state index in [1.165, 1.54) is 24.3 Å². The van der Waals surface area contributed by atoms with Crippen molar-refractivity contribution in [2.45, 2.75) is 31.8 Å². The molecule has 1 aromatic rings. The fourth-order valence-corrected chi connectivity index (χ4v) is 2.41. The molecule has 1 fully saturated rings. The minimum atomic E-state index is -0.719. The summed E-state index contributed by atoms with van der Waals surface area (Å²) in [6, 6.07) is 4.74. The van der Waals surface area contributed by atoms with E-state index in [9.17, 15) is 19.7 Å². The van der Waals surface area contributed by atoms with Crippen LogP contribution in [-0.4, -0.2) is 41.9 Å². The van der Waals surface area contributed by atoms with Crippen LogP contribution in [0.2, 0.25) is 0 Å². The average Bonchev–Trinajstić information content (AvgIpc) is 2.55. The number of carbonyl (C=O) groups is 2. The zero-order chi connectivity index (χ0) is 16.8. The summed E-state index contributed by atoms with van der Waals surface area (Å²) in [6.07, 6.45) is 1.91. The third kappa shape index (κ3) is 5.47. The number of carbonyl (C=O) groups excluding carboxylic acids is 2. The maximum absolute atomic E-state index is 12.1. The zero-order valence-electron chi connectivity index (χ0n) is 13.3. The highest BCUT2D eigenvalue weighted by Crippen LogP contribution is 2.13. The zero-order valence-corrected chi connectivity index (χ0v) is 14.1. The van der Waals surface area contributed by atoms with Crippen LogP contribution < -0.4 is 16.0 Å². The smallest absolute Gasteiger partial charge is 0.270 e. The molecule has 0 aliphatic carbocycles. The molecule has 132 valence electrons. The Bertz CT molecular complexity index is 605. The monoisotopic (exact) mass is 356 g/mol. The number of nitro groups is 1. The molecule has 0 spiro atoms.